The van der Waals surface area contributed by atoms with E-state index in [4.69, 9.17) is 4.74 Å². The molecule has 0 saturated heterocycles. The first-order chi connectivity index (χ1) is 9.15. The molecule has 2 rings (SSSR count). The molecule has 0 heterocycles. The molecule has 4 heteroatoms. The van der Waals surface area contributed by atoms with Crippen molar-refractivity contribution in [2.45, 2.75) is 6.92 Å². The van der Waals surface area contributed by atoms with Crippen LogP contribution in [0.3, 0.4) is 0 Å². The highest BCUT2D eigenvalue weighted by molar-refractivity contribution is 5.91. The van der Waals surface area contributed by atoms with Crippen LogP contribution in [0.15, 0.2) is 48.5 Å². The molecule has 3 nitrogen and oxygen atoms in total. The summed E-state index contributed by atoms with van der Waals surface area (Å²) in [7, 11) is 0. The van der Waals surface area contributed by atoms with E-state index in [1.807, 2.05) is 18.2 Å². The molecule has 0 aromatic heterocycles. The number of carbonyl (C=O) groups is 1. The van der Waals surface area contributed by atoms with Gasteiger partial charge in [0.2, 0.25) is 0 Å². The van der Waals surface area contributed by atoms with Gasteiger partial charge in [-0.1, -0.05) is 24.3 Å². The number of anilines is 1. The third kappa shape index (κ3) is 3.81. The molecule has 98 valence electrons. The van der Waals surface area contributed by atoms with Gasteiger partial charge in [-0.3, -0.25) is 4.79 Å². The van der Waals surface area contributed by atoms with E-state index >= 15 is 0 Å². The number of halogens is 1. The fourth-order valence-corrected chi connectivity index (χ4v) is 1.53. The Balaban J connectivity index is 1.88. The molecule has 2 aromatic rings. The average Bonchev–Trinajstić information content (AvgIpc) is 2.41. The van der Waals surface area contributed by atoms with E-state index in [1.165, 1.54) is 6.07 Å². The molecular weight excluding hydrogens is 245 g/mol. The Morgan fingerprint density at radius 1 is 1.21 bits per heavy atom. The van der Waals surface area contributed by atoms with Crippen LogP contribution in [-0.4, -0.2) is 12.5 Å². The van der Waals surface area contributed by atoms with Crippen molar-refractivity contribution >= 4 is 11.6 Å². The van der Waals surface area contributed by atoms with Gasteiger partial charge in [-0.15, -0.1) is 0 Å². The zero-order chi connectivity index (χ0) is 13.7. The summed E-state index contributed by atoms with van der Waals surface area (Å²) >= 11 is 0. The van der Waals surface area contributed by atoms with Crippen molar-refractivity contribution in [2.24, 2.45) is 0 Å². The molecule has 0 aliphatic carbocycles. The van der Waals surface area contributed by atoms with E-state index < -0.39 is 0 Å². The van der Waals surface area contributed by atoms with Crippen LogP contribution in [-0.2, 0) is 4.79 Å². The molecular formula is C15H14FNO2. The van der Waals surface area contributed by atoms with E-state index in [-0.39, 0.29) is 18.3 Å². The van der Waals surface area contributed by atoms with Crippen molar-refractivity contribution < 1.29 is 13.9 Å². The Hall–Kier alpha value is -2.36. The van der Waals surface area contributed by atoms with E-state index in [1.54, 1.807) is 31.2 Å². The summed E-state index contributed by atoms with van der Waals surface area (Å²) < 4.78 is 18.5. The second-order valence-corrected chi connectivity index (χ2v) is 4.11. The number of hydrogen-bond acceptors (Lipinski definition) is 2. The lowest BCUT2D eigenvalue weighted by Crippen LogP contribution is -2.20. The van der Waals surface area contributed by atoms with Gasteiger partial charge in [0.1, 0.15) is 11.6 Å². The molecule has 0 fully saturated rings. The Morgan fingerprint density at radius 2 is 1.95 bits per heavy atom. The largest absolute Gasteiger partial charge is 0.484 e. The third-order valence-corrected chi connectivity index (χ3v) is 2.57. The number of aryl methyl sites for hydroxylation is 1. The van der Waals surface area contributed by atoms with E-state index in [0.717, 1.165) is 0 Å². The number of para-hydroxylation sites is 1. The third-order valence-electron chi connectivity index (χ3n) is 2.57. The highest BCUT2D eigenvalue weighted by atomic mass is 19.1. The summed E-state index contributed by atoms with van der Waals surface area (Å²) in [5.41, 5.74) is 1.24. The number of hydrogen-bond donors (Lipinski definition) is 1. The van der Waals surface area contributed by atoms with Crippen LogP contribution in [0, 0.1) is 12.7 Å². The molecule has 0 radical (unpaired) electrons. The number of benzene rings is 2. The summed E-state index contributed by atoms with van der Waals surface area (Å²) in [6.45, 7) is 1.51. The van der Waals surface area contributed by atoms with E-state index in [9.17, 15) is 9.18 Å². The van der Waals surface area contributed by atoms with Gasteiger partial charge in [0.25, 0.3) is 5.91 Å². The van der Waals surface area contributed by atoms with Crippen molar-refractivity contribution in [3.05, 3.63) is 59.9 Å². The predicted molar refractivity (Wildman–Crippen MR) is 71.7 cm³/mol. The molecule has 0 spiro atoms. The smallest absolute Gasteiger partial charge is 0.262 e. The highest BCUT2D eigenvalue weighted by Gasteiger charge is 2.05. The average molecular weight is 259 g/mol. The first-order valence-corrected chi connectivity index (χ1v) is 5.89. The van der Waals surface area contributed by atoms with Gasteiger partial charge in [0.15, 0.2) is 6.61 Å². The van der Waals surface area contributed by atoms with E-state index in [0.29, 0.717) is 17.0 Å². The SMILES string of the molecule is Cc1ccc(OCC(=O)Nc2ccccc2)cc1F. The second kappa shape index (κ2) is 6.00. The van der Waals surface area contributed by atoms with Crippen molar-refractivity contribution in [1.29, 1.82) is 0 Å². The van der Waals surface area contributed by atoms with Crippen LogP contribution in [0.25, 0.3) is 0 Å². The maximum atomic E-state index is 13.3. The number of carbonyl (C=O) groups excluding carboxylic acids is 1. The number of amides is 1. The molecule has 1 N–H and O–H groups in total. The van der Waals surface area contributed by atoms with Crippen LogP contribution < -0.4 is 10.1 Å². The van der Waals surface area contributed by atoms with Gasteiger partial charge >= 0.3 is 0 Å². The summed E-state index contributed by atoms with van der Waals surface area (Å²) in [6.07, 6.45) is 0. The molecule has 1 amide bonds. The van der Waals surface area contributed by atoms with Gasteiger partial charge in [-0.2, -0.15) is 0 Å². The van der Waals surface area contributed by atoms with Crippen LogP contribution in [0.5, 0.6) is 5.75 Å². The monoisotopic (exact) mass is 259 g/mol. The quantitative estimate of drug-likeness (QED) is 0.916. The number of ether oxygens (including phenoxy) is 1. The van der Waals surface area contributed by atoms with Crippen LogP contribution in [0.4, 0.5) is 10.1 Å². The number of rotatable bonds is 4. The summed E-state index contributed by atoms with van der Waals surface area (Å²) in [6, 6.07) is 13.6. The maximum Gasteiger partial charge on any atom is 0.262 e. The lowest BCUT2D eigenvalue weighted by atomic mass is 10.2. The molecule has 0 unspecified atom stereocenters. The van der Waals surface area contributed by atoms with Crippen molar-refractivity contribution in [2.75, 3.05) is 11.9 Å². The van der Waals surface area contributed by atoms with Gasteiger partial charge in [-0.05, 0) is 30.7 Å². The fourth-order valence-electron chi connectivity index (χ4n) is 1.53. The Labute approximate surface area is 111 Å². The van der Waals surface area contributed by atoms with Crippen molar-refractivity contribution in [3.8, 4) is 5.75 Å². The molecule has 0 bridgehead atoms. The van der Waals surface area contributed by atoms with Crippen LogP contribution in [0.2, 0.25) is 0 Å². The molecule has 0 aliphatic heterocycles. The van der Waals surface area contributed by atoms with Crippen LogP contribution >= 0.6 is 0 Å². The molecule has 0 atom stereocenters. The minimum absolute atomic E-state index is 0.155. The minimum Gasteiger partial charge on any atom is -0.484 e. The fraction of sp³-hybridized carbons (Fsp3) is 0.133. The molecule has 0 saturated carbocycles. The van der Waals surface area contributed by atoms with Crippen molar-refractivity contribution in [1.82, 2.24) is 0 Å². The van der Waals surface area contributed by atoms with Gasteiger partial charge in [-0.25, -0.2) is 4.39 Å². The van der Waals surface area contributed by atoms with Crippen LogP contribution in [0.1, 0.15) is 5.56 Å². The molecule has 2 aromatic carbocycles. The summed E-state index contributed by atoms with van der Waals surface area (Å²) in [5, 5.41) is 2.68. The highest BCUT2D eigenvalue weighted by Crippen LogP contribution is 2.15. The summed E-state index contributed by atoms with van der Waals surface area (Å²) in [4.78, 5) is 11.6. The Kier molecular flexibility index (Phi) is 4.13. The lowest BCUT2D eigenvalue weighted by molar-refractivity contribution is -0.118. The normalized spacial score (nSPS) is 10.0. The molecule has 0 aliphatic rings. The zero-order valence-electron chi connectivity index (χ0n) is 10.5. The Bertz CT molecular complexity index is 570. The van der Waals surface area contributed by atoms with E-state index in [2.05, 4.69) is 5.32 Å². The molecule has 19 heavy (non-hydrogen) atoms. The first kappa shape index (κ1) is 13.1. The minimum atomic E-state index is -0.346. The topological polar surface area (TPSA) is 38.3 Å². The number of nitrogens with one attached hydrogen (secondary N) is 1. The second-order valence-electron chi connectivity index (χ2n) is 4.11. The van der Waals surface area contributed by atoms with Crippen molar-refractivity contribution in [3.63, 3.8) is 0 Å². The maximum absolute atomic E-state index is 13.3. The first-order valence-electron chi connectivity index (χ1n) is 5.89. The van der Waals surface area contributed by atoms with Gasteiger partial charge in [0, 0.05) is 11.8 Å². The summed E-state index contributed by atoms with van der Waals surface area (Å²) in [5.74, 6) is -0.292. The Morgan fingerprint density at radius 3 is 2.63 bits per heavy atom. The predicted octanol–water partition coefficient (Wildman–Crippen LogP) is 3.15. The zero-order valence-corrected chi connectivity index (χ0v) is 10.5. The van der Waals surface area contributed by atoms with Gasteiger partial charge < -0.3 is 10.1 Å². The standard InChI is InChI=1S/C15H14FNO2/c1-11-7-8-13(9-14(11)16)19-10-15(18)17-12-5-3-2-4-6-12/h2-9H,10H2,1H3,(H,17,18). The van der Waals surface area contributed by atoms with Gasteiger partial charge in [0.05, 0.1) is 0 Å². The lowest BCUT2D eigenvalue weighted by Gasteiger charge is -2.08.